The van der Waals surface area contributed by atoms with Crippen LogP contribution in [0.1, 0.15) is 11.1 Å². The van der Waals surface area contributed by atoms with Crippen LogP contribution in [-0.4, -0.2) is 25.2 Å². The topological polar surface area (TPSA) is 73.8 Å². The molecular formula is C22H23N5O2. The number of imidazole rings is 1. The summed E-state index contributed by atoms with van der Waals surface area (Å²) < 4.78 is 4.31. The number of nitrogens with one attached hydrogen (secondary N) is 1. The Balaban J connectivity index is 1.53. The molecule has 2 aromatic heterocycles. The van der Waals surface area contributed by atoms with E-state index < -0.39 is 0 Å². The Kier molecular flexibility index (Phi) is 5.03. The van der Waals surface area contributed by atoms with Crippen molar-refractivity contribution in [3.63, 3.8) is 0 Å². The zero-order chi connectivity index (χ0) is 20.4. The van der Waals surface area contributed by atoms with Crippen LogP contribution in [0.25, 0.3) is 11.2 Å². The van der Waals surface area contributed by atoms with Gasteiger partial charge in [0.05, 0.1) is 6.33 Å². The van der Waals surface area contributed by atoms with Gasteiger partial charge in [0.15, 0.2) is 11.2 Å². The van der Waals surface area contributed by atoms with Crippen molar-refractivity contribution in [3.8, 4) is 0 Å². The largest absolute Gasteiger partial charge is 0.383 e. The van der Waals surface area contributed by atoms with E-state index in [1.807, 2.05) is 30.3 Å². The molecule has 0 fully saturated rings. The van der Waals surface area contributed by atoms with Crippen molar-refractivity contribution in [2.24, 2.45) is 14.1 Å². The minimum absolute atomic E-state index is 0.329. The summed E-state index contributed by atoms with van der Waals surface area (Å²) in [6.45, 7) is 1.19. The molecule has 0 unspecified atom stereocenters. The van der Waals surface area contributed by atoms with Gasteiger partial charge in [-0.15, -0.1) is 0 Å². The lowest BCUT2D eigenvalue weighted by molar-refractivity contribution is 0.695. The first-order valence-corrected chi connectivity index (χ1v) is 9.53. The van der Waals surface area contributed by atoms with Crippen molar-refractivity contribution in [1.82, 2.24) is 18.7 Å². The molecule has 0 saturated heterocycles. The van der Waals surface area contributed by atoms with E-state index in [9.17, 15) is 9.59 Å². The van der Waals surface area contributed by atoms with Crippen LogP contribution < -0.4 is 16.6 Å². The molecule has 0 radical (unpaired) electrons. The molecule has 0 aliphatic rings. The molecule has 148 valence electrons. The minimum atomic E-state index is -0.374. The highest BCUT2D eigenvalue weighted by Crippen LogP contribution is 2.19. The Morgan fingerprint density at radius 1 is 0.931 bits per heavy atom. The summed E-state index contributed by atoms with van der Waals surface area (Å²) in [6, 6.07) is 18.6. The molecule has 1 N–H and O–H groups in total. The average molecular weight is 389 g/mol. The Bertz CT molecular complexity index is 1270. The highest BCUT2D eigenvalue weighted by atomic mass is 16.2. The highest BCUT2D eigenvalue weighted by molar-refractivity contribution is 5.70. The molecular weight excluding hydrogens is 366 g/mol. The second-order valence-electron chi connectivity index (χ2n) is 7.06. The monoisotopic (exact) mass is 389 g/mol. The summed E-state index contributed by atoms with van der Waals surface area (Å²) in [6.07, 6.45) is 2.46. The van der Waals surface area contributed by atoms with Crippen molar-refractivity contribution in [3.05, 3.63) is 92.9 Å². The SMILES string of the molecule is Cn1c(=O)c2c(ncn2CCNc2ccccc2Cc2ccccc2)n(C)c1=O. The fourth-order valence-corrected chi connectivity index (χ4v) is 3.54. The summed E-state index contributed by atoms with van der Waals surface area (Å²) in [5.74, 6) is 0. The van der Waals surface area contributed by atoms with Gasteiger partial charge in [0.2, 0.25) is 0 Å². The molecule has 7 nitrogen and oxygen atoms in total. The maximum atomic E-state index is 12.5. The molecule has 2 aromatic carbocycles. The van der Waals surface area contributed by atoms with Crippen molar-refractivity contribution in [1.29, 1.82) is 0 Å². The lowest BCUT2D eigenvalue weighted by Crippen LogP contribution is -2.37. The second-order valence-corrected chi connectivity index (χ2v) is 7.06. The fraction of sp³-hybridized carbons (Fsp3) is 0.227. The summed E-state index contributed by atoms with van der Waals surface area (Å²) in [4.78, 5) is 28.9. The highest BCUT2D eigenvalue weighted by Gasteiger charge is 2.14. The summed E-state index contributed by atoms with van der Waals surface area (Å²) in [5, 5.41) is 3.47. The van der Waals surface area contributed by atoms with Gasteiger partial charge in [0, 0.05) is 32.9 Å². The van der Waals surface area contributed by atoms with Crippen LogP contribution in [0.4, 0.5) is 5.69 Å². The Labute approximate surface area is 167 Å². The van der Waals surface area contributed by atoms with E-state index in [0.29, 0.717) is 24.3 Å². The van der Waals surface area contributed by atoms with Crippen molar-refractivity contribution in [2.45, 2.75) is 13.0 Å². The molecule has 7 heteroatoms. The quantitative estimate of drug-likeness (QED) is 0.548. The van der Waals surface area contributed by atoms with Gasteiger partial charge in [-0.05, 0) is 23.6 Å². The van der Waals surface area contributed by atoms with Crippen LogP contribution in [-0.2, 0) is 27.1 Å². The number of para-hydroxylation sites is 1. The van der Waals surface area contributed by atoms with Crippen molar-refractivity contribution < 1.29 is 0 Å². The van der Waals surface area contributed by atoms with Crippen molar-refractivity contribution >= 4 is 16.9 Å². The molecule has 4 aromatic rings. The molecule has 0 bridgehead atoms. The number of anilines is 1. The molecule has 29 heavy (non-hydrogen) atoms. The summed E-state index contributed by atoms with van der Waals surface area (Å²) in [5.41, 5.74) is 3.68. The van der Waals surface area contributed by atoms with Gasteiger partial charge in [-0.2, -0.15) is 0 Å². The van der Waals surface area contributed by atoms with Crippen LogP contribution in [0, 0.1) is 0 Å². The predicted molar refractivity (Wildman–Crippen MR) is 114 cm³/mol. The zero-order valence-electron chi connectivity index (χ0n) is 16.5. The van der Waals surface area contributed by atoms with Gasteiger partial charge in [0.25, 0.3) is 5.56 Å². The zero-order valence-corrected chi connectivity index (χ0v) is 16.5. The molecule has 0 aliphatic carbocycles. The molecule has 0 aliphatic heterocycles. The summed E-state index contributed by atoms with van der Waals surface area (Å²) >= 11 is 0. The maximum absolute atomic E-state index is 12.5. The van der Waals surface area contributed by atoms with Gasteiger partial charge in [-0.1, -0.05) is 48.5 Å². The van der Waals surface area contributed by atoms with Crippen LogP contribution in [0.2, 0.25) is 0 Å². The van der Waals surface area contributed by atoms with E-state index in [1.54, 1.807) is 17.9 Å². The third-order valence-electron chi connectivity index (χ3n) is 5.14. The number of rotatable bonds is 6. The van der Waals surface area contributed by atoms with Gasteiger partial charge >= 0.3 is 5.69 Å². The third kappa shape index (κ3) is 3.59. The lowest BCUT2D eigenvalue weighted by Gasteiger charge is -2.13. The van der Waals surface area contributed by atoms with Crippen LogP contribution >= 0.6 is 0 Å². The molecule has 0 atom stereocenters. The minimum Gasteiger partial charge on any atom is -0.383 e. The Morgan fingerprint density at radius 3 is 2.45 bits per heavy atom. The van der Waals surface area contributed by atoms with E-state index in [2.05, 4.69) is 34.6 Å². The Hall–Kier alpha value is -3.61. The number of hydrogen-bond acceptors (Lipinski definition) is 4. The molecule has 0 amide bonds. The van der Waals surface area contributed by atoms with E-state index in [1.165, 1.54) is 22.7 Å². The number of fused-ring (bicyclic) bond motifs is 1. The molecule has 0 saturated carbocycles. The Morgan fingerprint density at radius 2 is 1.66 bits per heavy atom. The predicted octanol–water partition coefficient (Wildman–Crippen LogP) is 2.14. The van der Waals surface area contributed by atoms with Gasteiger partial charge in [0.1, 0.15) is 0 Å². The standard InChI is InChI=1S/C22H23N5O2/c1-25-20-19(21(28)26(2)22(25)29)27(15-24-20)13-12-23-18-11-7-6-10-17(18)14-16-8-4-3-5-9-16/h3-11,15,23H,12-14H2,1-2H3. The average Bonchev–Trinajstić information content (AvgIpc) is 3.17. The van der Waals surface area contributed by atoms with Crippen LogP contribution in [0.5, 0.6) is 0 Å². The number of aryl methyl sites for hydroxylation is 1. The first-order valence-electron chi connectivity index (χ1n) is 9.53. The second kappa shape index (κ2) is 7.79. The molecule has 2 heterocycles. The van der Waals surface area contributed by atoms with E-state index in [-0.39, 0.29) is 11.2 Å². The third-order valence-corrected chi connectivity index (χ3v) is 5.14. The van der Waals surface area contributed by atoms with E-state index in [4.69, 9.17) is 0 Å². The number of nitrogens with zero attached hydrogens (tertiary/aromatic N) is 4. The molecule has 0 spiro atoms. The smallest absolute Gasteiger partial charge is 0.332 e. The summed E-state index contributed by atoms with van der Waals surface area (Å²) in [7, 11) is 3.11. The van der Waals surface area contributed by atoms with Crippen molar-refractivity contribution in [2.75, 3.05) is 11.9 Å². The van der Waals surface area contributed by atoms with Gasteiger partial charge in [-0.3, -0.25) is 13.9 Å². The lowest BCUT2D eigenvalue weighted by atomic mass is 10.0. The van der Waals surface area contributed by atoms with Crippen LogP contribution in [0.3, 0.4) is 0 Å². The first-order chi connectivity index (χ1) is 14.1. The number of benzene rings is 2. The van der Waals surface area contributed by atoms with Gasteiger partial charge < -0.3 is 9.88 Å². The molecule has 4 rings (SSSR count). The number of hydrogen-bond donors (Lipinski definition) is 1. The number of aromatic nitrogens is 4. The first kappa shape index (κ1) is 18.7. The van der Waals surface area contributed by atoms with Crippen LogP contribution in [0.15, 0.2) is 70.5 Å². The maximum Gasteiger partial charge on any atom is 0.332 e. The van der Waals surface area contributed by atoms with Gasteiger partial charge in [-0.25, -0.2) is 9.78 Å². The van der Waals surface area contributed by atoms with E-state index in [0.717, 1.165) is 16.7 Å². The fourth-order valence-electron chi connectivity index (χ4n) is 3.54. The van der Waals surface area contributed by atoms with E-state index >= 15 is 0 Å². The normalized spacial score (nSPS) is 11.1.